The molecule has 1 aliphatic heterocycles. The van der Waals surface area contributed by atoms with Gasteiger partial charge in [0.1, 0.15) is 0 Å². The minimum absolute atomic E-state index is 0.106. The number of hydrogen-bond acceptors (Lipinski definition) is 0. The van der Waals surface area contributed by atoms with Crippen LogP contribution < -0.4 is 0 Å². The Morgan fingerprint density at radius 3 is 2.17 bits per heavy atom. The third-order valence-electron chi connectivity index (χ3n) is 0.607. The van der Waals surface area contributed by atoms with E-state index in [9.17, 15) is 0 Å². The van der Waals surface area contributed by atoms with Crippen LogP contribution in [0, 0.1) is 0 Å². The molecular weight excluding hydrogens is 179 g/mol. The fourth-order valence-corrected chi connectivity index (χ4v) is 1.93. The molecule has 0 spiro atoms. The molecule has 1 rings (SSSR count). The van der Waals surface area contributed by atoms with Crippen molar-refractivity contribution in [3.8, 4) is 0 Å². The monoisotopic (exact) mass is 185 g/mol. The maximum atomic E-state index is 2.30. The summed E-state index contributed by atoms with van der Waals surface area (Å²) in [5.74, 6) is 0. The first-order valence-corrected chi connectivity index (χ1v) is 5.21. The molecule has 0 aromatic rings. The molecule has 0 aliphatic carbocycles. The van der Waals surface area contributed by atoms with Crippen molar-refractivity contribution in [3.63, 3.8) is 0 Å². The zero-order valence-electron chi connectivity index (χ0n) is 3.39. The molecule has 29 valence electrons. The molecule has 0 nitrogen and oxygen atoms in total. The molecule has 0 aromatic carbocycles. The van der Waals surface area contributed by atoms with Gasteiger partial charge in [-0.25, -0.2) is 0 Å². The summed E-state index contributed by atoms with van der Waals surface area (Å²) in [6.07, 6.45) is 6.34. The number of rotatable bonds is 0. The van der Waals surface area contributed by atoms with Crippen molar-refractivity contribution in [2.24, 2.45) is 0 Å². The zero-order chi connectivity index (χ0) is 4.24. The molecule has 0 fully saturated rings. The van der Waals surface area contributed by atoms with E-state index < -0.39 is 0 Å². The van der Waals surface area contributed by atoms with Gasteiger partial charge < -0.3 is 0 Å². The molecule has 1 heterocycles. The van der Waals surface area contributed by atoms with Crippen LogP contribution in [0.25, 0.3) is 0 Å². The van der Waals surface area contributed by atoms with Crippen LogP contribution in [0.4, 0.5) is 0 Å². The van der Waals surface area contributed by atoms with Gasteiger partial charge in [0, 0.05) is 0 Å². The molecule has 0 bridgehead atoms. The van der Waals surface area contributed by atoms with Crippen LogP contribution in [0.1, 0.15) is 0 Å². The van der Waals surface area contributed by atoms with E-state index in [-0.39, 0.29) is 20.7 Å². The molecule has 0 aromatic heterocycles. The van der Waals surface area contributed by atoms with Gasteiger partial charge in [-0.1, -0.05) is 0 Å². The van der Waals surface area contributed by atoms with Crippen molar-refractivity contribution in [1.29, 1.82) is 0 Å². The summed E-state index contributed by atoms with van der Waals surface area (Å²) in [7, 11) is 0. The Kier molecular flexibility index (Phi) is 1.68. The van der Waals surface area contributed by atoms with E-state index in [1.165, 1.54) is 0 Å². The van der Waals surface area contributed by atoms with Gasteiger partial charge in [0.2, 0.25) is 0 Å². The van der Waals surface area contributed by atoms with Crippen LogP contribution in [0.2, 0.25) is 0 Å². The van der Waals surface area contributed by atoms with Crippen molar-refractivity contribution in [3.05, 3.63) is 22.3 Å². The van der Waals surface area contributed by atoms with Gasteiger partial charge in [-0.15, -0.1) is 0 Å². The van der Waals surface area contributed by atoms with Crippen LogP contribution in [0.15, 0.2) is 22.3 Å². The summed E-state index contributed by atoms with van der Waals surface area (Å²) in [4.78, 5) is 0. The molecule has 0 unspecified atom stereocenters. The molecule has 0 amide bonds. The standard InChI is InChI=1S/C5H5.Sn/c1-3-5-4-2;/h1-5H;. The first kappa shape index (κ1) is 4.31. The summed E-state index contributed by atoms with van der Waals surface area (Å²) in [5.41, 5.74) is 0. The van der Waals surface area contributed by atoms with Gasteiger partial charge in [0.05, 0.1) is 0 Å². The fraction of sp³-hybridized carbons (Fsp3) is 0. The fourth-order valence-electron chi connectivity index (χ4n) is 0.342. The van der Waals surface area contributed by atoms with Crippen LogP contribution >= 0.6 is 0 Å². The van der Waals surface area contributed by atoms with Crippen LogP contribution in [-0.2, 0) is 0 Å². The quantitative estimate of drug-likeness (QED) is 0.482. The SMILES string of the molecule is C1=C[CH]=[Sn][CH]=C1. The number of allylic oxidation sites excluding steroid dienone is 3. The summed E-state index contributed by atoms with van der Waals surface area (Å²) in [6, 6.07) is 0. The summed E-state index contributed by atoms with van der Waals surface area (Å²) in [6.45, 7) is 0. The van der Waals surface area contributed by atoms with E-state index in [1.54, 1.807) is 0 Å². The molecule has 0 saturated heterocycles. The van der Waals surface area contributed by atoms with Crippen LogP contribution in [-0.4, -0.2) is 24.7 Å². The molecular formula is C5H5Sn. The second-order valence-electron chi connectivity index (χ2n) is 1.08. The second-order valence-corrected chi connectivity index (χ2v) is 3.93. The van der Waals surface area contributed by atoms with Crippen molar-refractivity contribution in [2.75, 3.05) is 0 Å². The van der Waals surface area contributed by atoms with Crippen molar-refractivity contribution >= 4 is 24.7 Å². The first-order valence-electron chi connectivity index (χ1n) is 1.91. The van der Waals surface area contributed by atoms with Gasteiger partial charge in [0.15, 0.2) is 0 Å². The van der Waals surface area contributed by atoms with Gasteiger partial charge in [-0.3, -0.25) is 0 Å². The zero-order valence-corrected chi connectivity index (χ0v) is 6.24. The average Bonchev–Trinajstić information content (AvgIpc) is 1.72. The van der Waals surface area contributed by atoms with Crippen molar-refractivity contribution in [2.45, 2.75) is 0 Å². The Labute approximate surface area is 47.3 Å². The number of hydrogen-bond donors (Lipinski definition) is 0. The topological polar surface area (TPSA) is 0 Å². The van der Waals surface area contributed by atoms with Crippen molar-refractivity contribution in [1.82, 2.24) is 0 Å². The third kappa shape index (κ3) is 1.09. The Hall–Kier alpha value is 0.149. The van der Waals surface area contributed by atoms with E-state index in [2.05, 4.69) is 26.3 Å². The molecule has 0 N–H and O–H groups in total. The molecule has 1 radical (unpaired) electrons. The van der Waals surface area contributed by atoms with E-state index >= 15 is 0 Å². The summed E-state index contributed by atoms with van der Waals surface area (Å²) in [5, 5.41) is 0. The molecule has 1 heteroatoms. The molecule has 0 saturated carbocycles. The van der Waals surface area contributed by atoms with Gasteiger partial charge in [-0.05, 0) is 0 Å². The van der Waals surface area contributed by atoms with Gasteiger partial charge in [-0.2, -0.15) is 0 Å². The van der Waals surface area contributed by atoms with E-state index in [4.69, 9.17) is 0 Å². The Balaban J connectivity index is 2.77. The average molecular weight is 184 g/mol. The molecule has 0 atom stereocenters. The van der Waals surface area contributed by atoms with Gasteiger partial charge >= 0.3 is 47.0 Å². The van der Waals surface area contributed by atoms with Crippen LogP contribution in [0.3, 0.4) is 0 Å². The third-order valence-corrected chi connectivity index (χ3v) is 2.80. The van der Waals surface area contributed by atoms with E-state index in [1.807, 2.05) is 0 Å². The van der Waals surface area contributed by atoms with Gasteiger partial charge in [0.25, 0.3) is 0 Å². The molecule has 6 heavy (non-hydrogen) atoms. The van der Waals surface area contributed by atoms with Crippen LogP contribution in [0.5, 0.6) is 0 Å². The normalized spacial score (nSPS) is 16.0. The van der Waals surface area contributed by atoms with E-state index in [0.29, 0.717) is 0 Å². The summed E-state index contributed by atoms with van der Waals surface area (Å²) >= 11 is -0.106. The first-order chi connectivity index (χ1) is 3.00. The molecule has 1 aliphatic rings. The second kappa shape index (κ2) is 2.34. The summed E-state index contributed by atoms with van der Waals surface area (Å²) < 4.78 is 4.59. The predicted molar refractivity (Wildman–Crippen MR) is 30.1 cm³/mol. The Bertz CT molecular complexity index is 73.3. The minimum atomic E-state index is -0.106. The van der Waals surface area contributed by atoms with Crippen molar-refractivity contribution < 1.29 is 0 Å². The van der Waals surface area contributed by atoms with E-state index in [0.717, 1.165) is 0 Å². The maximum absolute atomic E-state index is 2.30. The Morgan fingerprint density at radius 2 is 2.00 bits per heavy atom. The Morgan fingerprint density at radius 1 is 1.00 bits per heavy atom. The predicted octanol–water partition coefficient (Wildman–Crippen LogP) is 0.576.